The Balaban J connectivity index is 2.21. The summed E-state index contributed by atoms with van der Waals surface area (Å²) >= 11 is 3.44. The van der Waals surface area contributed by atoms with E-state index in [1.54, 1.807) is 44.5 Å². The first kappa shape index (κ1) is 19.9. The van der Waals surface area contributed by atoms with Crippen molar-refractivity contribution in [2.45, 2.75) is 18.9 Å². The molecule has 0 aliphatic carbocycles. The maximum atomic E-state index is 12.5. The summed E-state index contributed by atoms with van der Waals surface area (Å²) < 4.78 is 11.0. The van der Waals surface area contributed by atoms with Crippen LogP contribution in [0.15, 0.2) is 53.1 Å². The van der Waals surface area contributed by atoms with E-state index in [0.717, 1.165) is 15.4 Å². The quantitative estimate of drug-likeness (QED) is 0.332. The van der Waals surface area contributed by atoms with Gasteiger partial charge in [-0.2, -0.15) is 0 Å². The first-order valence-corrected chi connectivity index (χ1v) is 9.46. The predicted molar refractivity (Wildman–Crippen MR) is 108 cm³/mol. The van der Waals surface area contributed by atoms with Crippen LogP contribution in [0.25, 0.3) is 10.9 Å². The highest BCUT2D eigenvalue weighted by molar-refractivity contribution is 9.10. The molecule has 0 radical (unpaired) electrons. The Bertz CT molecular complexity index is 1000. The van der Waals surface area contributed by atoms with E-state index in [1.807, 2.05) is 18.2 Å². The number of ether oxygens (including phenoxy) is 2. The van der Waals surface area contributed by atoms with Crippen LogP contribution < -0.4 is 4.74 Å². The van der Waals surface area contributed by atoms with Gasteiger partial charge in [-0.1, -0.05) is 28.1 Å². The molecule has 1 heterocycles. The molecule has 1 aromatic heterocycles. The Morgan fingerprint density at radius 1 is 1.25 bits per heavy atom. The Morgan fingerprint density at radius 2 is 1.96 bits per heavy atom. The van der Waals surface area contributed by atoms with Gasteiger partial charge < -0.3 is 14.5 Å². The van der Waals surface area contributed by atoms with Gasteiger partial charge in [-0.3, -0.25) is 10.1 Å². The van der Waals surface area contributed by atoms with Gasteiger partial charge >= 0.3 is 12.0 Å². The maximum Gasteiger partial charge on any atom is 0.382 e. The van der Waals surface area contributed by atoms with Crippen LogP contribution in [0.1, 0.15) is 24.0 Å². The van der Waals surface area contributed by atoms with E-state index in [4.69, 9.17) is 9.47 Å². The second-order valence-electron chi connectivity index (χ2n) is 6.17. The summed E-state index contributed by atoms with van der Waals surface area (Å²) in [6.07, 6.45) is 1.71. The summed E-state index contributed by atoms with van der Waals surface area (Å²) in [5.74, 6) is -1.07. The molecule has 0 bridgehead atoms. The minimum absolute atomic E-state index is 0.0674. The fourth-order valence-electron chi connectivity index (χ4n) is 3.29. The number of hydrogen-bond acceptors (Lipinski definition) is 5. The molecule has 146 valence electrons. The molecule has 3 aromatic rings. The lowest BCUT2D eigenvalue weighted by atomic mass is 9.85. The normalized spacial score (nSPS) is 13.1. The molecule has 2 atom stereocenters. The number of aromatic amines is 1. The molecule has 7 nitrogen and oxygen atoms in total. The van der Waals surface area contributed by atoms with Gasteiger partial charge in [0.2, 0.25) is 0 Å². The van der Waals surface area contributed by atoms with E-state index in [-0.39, 0.29) is 6.61 Å². The average Bonchev–Trinajstić information content (AvgIpc) is 3.08. The van der Waals surface area contributed by atoms with E-state index >= 15 is 0 Å². The number of nitrogens with one attached hydrogen (secondary N) is 1. The second kappa shape index (κ2) is 8.43. The topological polar surface area (TPSA) is 94.5 Å². The van der Waals surface area contributed by atoms with Crippen molar-refractivity contribution in [1.82, 2.24) is 4.98 Å². The fraction of sp³-hybridized carbons (Fsp3) is 0.250. The molecule has 28 heavy (non-hydrogen) atoms. The van der Waals surface area contributed by atoms with Crippen LogP contribution in [0, 0.1) is 10.1 Å². The van der Waals surface area contributed by atoms with Crippen LogP contribution in [-0.2, 0) is 9.53 Å². The maximum absolute atomic E-state index is 12.5. The zero-order valence-electron chi connectivity index (χ0n) is 15.3. The fourth-order valence-corrected chi connectivity index (χ4v) is 3.65. The number of halogens is 1. The summed E-state index contributed by atoms with van der Waals surface area (Å²) in [6.45, 7) is 1.69. The molecule has 0 saturated heterocycles. The number of rotatable bonds is 7. The lowest BCUT2D eigenvalue weighted by Crippen LogP contribution is -2.37. The standard InChI is InChI=1S/C20H19BrN2O5/c1-3-28-20(24)19(23(25)26)18(12-4-7-14(27-2)8-5-12)16-11-22-17-9-6-13(21)10-15(16)17/h4-11,18-19,22H,3H2,1-2H3/t18-,19-/m1/s1. The summed E-state index contributed by atoms with van der Waals surface area (Å²) in [7, 11) is 1.54. The van der Waals surface area contributed by atoms with Gasteiger partial charge in [-0.25, -0.2) is 4.79 Å². The molecule has 3 rings (SSSR count). The minimum atomic E-state index is -1.58. The molecule has 0 saturated carbocycles. The third kappa shape index (κ3) is 3.87. The summed E-state index contributed by atoms with van der Waals surface area (Å²) in [5, 5.41) is 12.7. The monoisotopic (exact) mass is 446 g/mol. The van der Waals surface area contributed by atoms with Crippen molar-refractivity contribution in [3.05, 3.63) is 74.4 Å². The van der Waals surface area contributed by atoms with Crippen molar-refractivity contribution in [3.8, 4) is 5.75 Å². The van der Waals surface area contributed by atoms with Crippen LogP contribution in [-0.4, -0.2) is 35.6 Å². The van der Waals surface area contributed by atoms with Crippen molar-refractivity contribution < 1.29 is 19.2 Å². The average molecular weight is 447 g/mol. The highest BCUT2D eigenvalue weighted by atomic mass is 79.9. The van der Waals surface area contributed by atoms with Gasteiger partial charge in [0.05, 0.1) is 19.6 Å². The SMILES string of the molecule is CCOC(=O)[C@@H]([C@H](c1ccc(OC)cc1)c1c[nH]c2ccc(Br)cc12)[N+](=O)[O-]. The molecule has 0 unspecified atom stereocenters. The summed E-state index contributed by atoms with van der Waals surface area (Å²) in [5.41, 5.74) is 2.09. The van der Waals surface area contributed by atoms with Crippen molar-refractivity contribution in [2.24, 2.45) is 0 Å². The Kier molecular flexibility index (Phi) is 5.99. The van der Waals surface area contributed by atoms with Crippen molar-refractivity contribution in [3.63, 3.8) is 0 Å². The first-order chi connectivity index (χ1) is 13.5. The summed E-state index contributed by atoms with van der Waals surface area (Å²) in [6, 6.07) is 10.9. The molecule has 0 fully saturated rings. The lowest BCUT2D eigenvalue weighted by Gasteiger charge is -2.20. The number of nitro groups is 1. The van der Waals surface area contributed by atoms with Crippen molar-refractivity contribution >= 4 is 32.8 Å². The van der Waals surface area contributed by atoms with Crippen LogP contribution >= 0.6 is 15.9 Å². The van der Waals surface area contributed by atoms with Gasteiger partial charge in [-0.15, -0.1) is 0 Å². The number of carbonyl (C=O) groups excluding carboxylic acids is 1. The highest BCUT2D eigenvalue weighted by Gasteiger charge is 2.43. The lowest BCUT2D eigenvalue weighted by molar-refractivity contribution is -0.513. The zero-order valence-corrected chi connectivity index (χ0v) is 16.9. The number of esters is 1. The number of aromatic nitrogens is 1. The smallest absolute Gasteiger partial charge is 0.382 e. The molecule has 0 amide bonds. The van der Waals surface area contributed by atoms with Crippen LogP contribution in [0.4, 0.5) is 0 Å². The van der Waals surface area contributed by atoms with E-state index in [0.29, 0.717) is 16.9 Å². The van der Waals surface area contributed by atoms with Gasteiger partial charge in [0, 0.05) is 26.5 Å². The van der Waals surface area contributed by atoms with Crippen molar-refractivity contribution in [1.29, 1.82) is 0 Å². The van der Waals surface area contributed by atoms with Crippen LogP contribution in [0.5, 0.6) is 5.75 Å². The number of benzene rings is 2. The molecule has 2 aromatic carbocycles. The van der Waals surface area contributed by atoms with Gasteiger partial charge in [0.1, 0.15) is 5.75 Å². The number of hydrogen-bond donors (Lipinski definition) is 1. The Morgan fingerprint density at radius 3 is 2.57 bits per heavy atom. The van der Waals surface area contributed by atoms with Gasteiger partial charge in [0.25, 0.3) is 0 Å². The molecule has 8 heteroatoms. The van der Waals surface area contributed by atoms with Crippen molar-refractivity contribution in [2.75, 3.05) is 13.7 Å². The number of nitrogens with zero attached hydrogens (tertiary/aromatic N) is 1. The third-order valence-electron chi connectivity index (χ3n) is 4.56. The summed E-state index contributed by atoms with van der Waals surface area (Å²) in [4.78, 5) is 27.0. The first-order valence-electron chi connectivity index (χ1n) is 8.66. The Labute approximate surface area is 169 Å². The zero-order chi connectivity index (χ0) is 20.3. The van der Waals surface area contributed by atoms with E-state index in [1.165, 1.54) is 0 Å². The Hall–Kier alpha value is -2.87. The van der Waals surface area contributed by atoms with E-state index in [9.17, 15) is 14.9 Å². The van der Waals surface area contributed by atoms with Gasteiger partial charge in [0.15, 0.2) is 0 Å². The van der Waals surface area contributed by atoms with Crippen LogP contribution in [0.3, 0.4) is 0 Å². The molecule has 0 spiro atoms. The highest BCUT2D eigenvalue weighted by Crippen LogP contribution is 2.36. The van der Waals surface area contributed by atoms with Crippen LogP contribution in [0.2, 0.25) is 0 Å². The number of fused-ring (bicyclic) bond motifs is 1. The number of methoxy groups -OCH3 is 1. The largest absolute Gasteiger partial charge is 0.497 e. The number of carbonyl (C=O) groups is 1. The predicted octanol–water partition coefficient (Wildman–Crippen LogP) is 4.28. The van der Waals surface area contributed by atoms with Gasteiger partial charge in [-0.05, 0) is 48.4 Å². The molecule has 0 aliphatic rings. The molecular formula is C20H19BrN2O5. The molecule has 1 N–H and O–H groups in total. The second-order valence-corrected chi connectivity index (χ2v) is 7.08. The number of H-pyrrole nitrogens is 1. The third-order valence-corrected chi connectivity index (χ3v) is 5.05. The minimum Gasteiger partial charge on any atom is -0.497 e. The van der Waals surface area contributed by atoms with E-state index < -0.39 is 22.9 Å². The van der Waals surface area contributed by atoms with E-state index in [2.05, 4.69) is 20.9 Å². The molecule has 0 aliphatic heterocycles. The molecular weight excluding hydrogens is 428 g/mol.